The SMILES string of the molecule is CC12CCCCC1(C)N1c3cccc4c3B(c3cccc2c31)c1c-4sc2ccccc12. The maximum Gasteiger partial charge on any atom is 0.250 e. The lowest BCUT2D eigenvalue weighted by Crippen LogP contribution is -2.60. The molecule has 0 bridgehead atoms. The van der Waals surface area contributed by atoms with Gasteiger partial charge in [0.15, 0.2) is 0 Å². The van der Waals surface area contributed by atoms with Crippen molar-refractivity contribution in [2.75, 3.05) is 4.90 Å². The Morgan fingerprint density at radius 2 is 1.71 bits per heavy atom. The molecule has 4 aliphatic rings. The first-order valence-corrected chi connectivity index (χ1v) is 12.5. The molecule has 31 heavy (non-hydrogen) atoms. The van der Waals surface area contributed by atoms with Gasteiger partial charge >= 0.3 is 0 Å². The summed E-state index contributed by atoms with van der Waals surface area (Å²) in [6.07, 6.45) is 5.25. The summed E-state index contributed by atoms with van der Waals surface area (Å²) >= 11 is 1.99. The van der Waals surface area contributed by atoms with Gasteiger partial charge in [0.2, 0.25) is 6.71 Å². The molecule has 0 N–H and O–H groups in total. The van der Waals surface area contributed by atoms with E-state index >= 15 is 0 Å². The standard InChI is InChI=1S/C28H24BNS/c1-27-15-5-6-16-28(27,2)30-21-13-7-10-18-23(21)29(20-12-8-11-19(27)25(20)30)24-17-9-3-4-14-22(17)31-26(18)24/h3-4,7-14H,5-6,15-16H2,1-2H3. The zero-order valence-electron chi connectivity index (χ0n) is 18.0. The molecule has 0 saturated heterocycles. The fraction of sp³-hybridized carbons (Fsp3) is 0.286. The number of hydrogen-bond donors (Lipinski definition) is 0. The lowest BCUT2D eigenvalue weighted by molar-refractivity contribution is 0.195. The fourth-order valence-corrected chi connectivity index (χ4v) is 8.94. The van der Waals surface area contributed by atoms with Crippen molar-refractivity contribution in [3.05, 3.63) is 66.2 Å². The number of rotatable bonds is 0. The third-order valence-electron chi connectivity index (χ3n) is 9.25. The second-order valence-electron chi connectivity index (χ2n) is 10.4. The summed E-state index contributed by atoms with van der Waals surface area (Å²) in [6, 6.07) is 23.3. The fourth-order valence-electron chi connectivity index (χ4n) is 7.66. The van der Waals surface area contributed by atoms with Gasteiger partial charge in [0, 0.05) is 26.4 Å². The smallest absolute Gasteiger partial charge is 0.250 e. The molecule has 1 aliphatic carbocycles. The molecule has 3 aromatic carbocycles. The minimum Gasteiger partial charge on any atom is -0.335 e. The van der Waals surface area contributed by atoms with Crippen molar-refractivity contribution < 1.29 is 0 Å². The van der Waals surface area contributed by atoms with Gasteiger partial charge in [-0.15, -0.1) is 11.3 Å². The quantitative estimate of drug-likeness (QED) is 0.303. The van der Waals surface area contributed by atoms with Crippen LogP contribution in [0.2, 0.25) is 0 Å². The number of anilines is 2. The van der Waals surface area contributed by atoms with Crippen LogP contribution < -0.4 is 21.3 Å². The van der Waals surface area contributed by atoms with Crippen molar-refractivity contribution in [3.63, 3.8) is 0 Å². The summed E-state index contributed by atoms with van der Waals surface area (Å²) in [5.41, 5.74) is 11.1. The van der Waals surface area contributed by atoms with E-state index in [0.717, 1.165) is 0 Å². The highest BCUT2D eigenvalue weighted by Crippen LogP contribution is 2.61. The number of thiophene rings is 1. The van der Waals surface area contributed by atoms with E-state index in [9.17, 15) is 0 Å². The predicted octanol–water partition coefficient (Wildman–Crippen LogP) is 5.45. The molecule has 4 aromatic rings. The van der Waals surface area contributed by atoms with Crippen LogP contribution in [0.3, 0.4) is 0 Å². The Kier molecular flexibility index (Phi) is 2.91. The van der Waals surface area contributed by atoms with Gasteiger partial charge in [-0.1, -0.05) is 68.3 Å². The summed E-state index contributed by atoms with van der Waals surface area (Å²) in [6.45, 7) is 5.47. The van der Waals surface area contributed by atoms with Crippen LogP contribution in [0.25, 0.3) is 20.5 Å². The summed E-state index contributed by atoms with van der Waals surface area (Å²) in [5, 5.41) is 1.45. The van der Waals surface area contributed by atoms with E-state index in [1.165, 1.54) is 63.0 Å². The van der Waals surface area contributed by atoms with Crippen molar-refractivity contribution in [1.82, 2.24) is 0 Å². The molecule has 1 saturated carbocycles. The summed E-state index contributed by atoms with van der Waals surface area (Å²) in [7, 11) is 0. The van der Waals surface area contributed by atoms with Crippen LogP contribution in [0.15, 0.2) is 60.7 Å². The molecule has 3 heteroatoms. The van der Waals surface area contributed by atoms with Gasteiger partial charge in [0.25, 0.3) is 0 Å². The van der Waals surface area contributed by atoms with E-state index in [1.54, 1.807) is 16.5 Å². The number of para-hydroxylation sites is 1. The van der Waals surface area contributed by atoms with Crippen molar-refractivity contribution in [3.8, 4) is 10.4 Å². The Hall–Kier alpha value is -2.52. The van der Waals surface area contributed by atoms with Gasteiger partial charge in [-0.2, -0.15) is 0 Å². The van der Waals surface area contributed by atoms with Crippen LogP contribution in [0, 0.1) is 0 Å². The molecule has 1 aromatic heterocycles. The molecule has 2 unspecified atom stereocenters. The lowest BCUT2D eigenvalue weighted by Gasteiger charge is -2.51. The highest BCUT2D eigenvalue weighted by molar-refractivity contribution is 7.27. The van der Waals surface area contributed by atoms with Gasteiger partial charge in [-0.25, -0.2) is 0 Å². The molecule has 3 aliphatic heterocycles. The Balaban J connectivity index is 1.54. The molecular formula is C28H24BNS. The average Bonchev–Trinajstić information content (AvgIpc) is 3.38. The molecule has 0 amide bonds. The third kappa shape index (κ3) is 1.70. The van der Waals surface area contributed by atoms with Gasteiger partial charge in [-0.3, -0.25) is 0 Å². The normalized spacial score (nSPS) is 26.6. The Morgan fingerprint density at radius 1 is 0.871 bits per heavy atom. The molecule has 8 rings (SSSR count). The molecule has 1 fully saturated rings. The maximum absolute atomic E-state index is 2.80. The van der Waals surface area contributed by atoms with Crippen LogP contribution in [-0.4, -0.2) is 12.3 Å². The molecule has 150 valence electrons. The maximum atomic E-state index is 2.80. The molecule has 2 atom stereocenters. The highest BCUT2D eigenvalue weighted by atomic mass is 32.1. The van der Waals surface area contributed by atoms with Crippen LogP contribution >= 0.6 is 11.3 Å². The van der Waals surface area contributed by atoms with E-state index in [4.69, 9.17) is 0 Å². The van der Waals surface area contributed by atoms with Gasteiger partial charge in [0.05, 0.1) is 5.54 Å². The first-order chi connectivity index (χ1) is 15.1. The predicted molar refractivity (Wildman–Crippen MR) is 135 cm³/mol. The van der Waals surface area contributed by atoms with E-state index in [-0.39, 0.29) is 11.0 Å². The number of nitrogens with zero attached hydrogens (tertiary/aromatic N) is 1. The van der Waals surface area contributed by atoms with Crippen LogP contribution in [0.4, 0.5) is 11.4 Å². The average molecular weight is 417 g/mol. The minimum atomic E-state index is 0.155. The topological polar surface area (TPSA) is 3.24 Å². The number of fused-ring (bicyclic) bond motifs is 10. The molecule has 0 spiro atoms. The Bertz CT molecular complexity index is 1450. The second kappa shape index (κ2) is 5.27. The van der Waals surface area contributed by atoms with Crippen molar-refractivity contribution in [2.45, 2.75) is 50.5 Å². The second-order valence-corrected chi connectivity index (χ2v) is 11.5. The summed E-state index contributed by atoms with van der Waals surface area (Å²) in [5.74, 6) is 0. The third-order valence-corrected chi connectivity index (χ3v) is 10.5. The van der Waals surface area contributed by atoms with E-state index in [2.05, 4.69) is 79.4 Å². The van der Waals surface area contributed by atoms with Crippen molar-refractivity contribution in [2.24, 2.45) is 0 Å². The number of hydrogen-bond acceptors (Lipinski definition) is 2. The molecule has 4 heterocycles. The van der Waals surface area contributed by atoms with E-state index in [0.29, 0.717) is 6.71 Å². The highest BCUT2D eigenvalue weighted by Gasteiger charge is 2.61. The molecular weight excluding hydrogens is 393 g/mol. The lowest BCUT2D eigenvalue weighted by atomic mass is 9.37. The largest absolute Gasteiger partial charge is 0.335 e. The van der Waals surface area contributed by atoms with Crippen molar-refractivity contribution in [1.29, 1.82) is 0 Å². The van der Waals surface area contributed by atoms with Crippen LogP contribution in [0.1, 0.15) is 45.1 Å². The van der Waals surface area contributed by atoms with Gasteiger partial charge < -0.3 is 4.90 Å². The van der Waals surface area contributed by atoms with E-state index < -0.39 is 0 Å². The Labute approximate surface area is 187 Å². The van der Waals surface area contributed by atoms with Gasteiger partial charge in [0.1, 0.15) is 0 Å². The molecule has 1 nitrogen and oxygen atoms in total. The van der Waals surface area contributed by atoms with E-state index in [1.807, 2.05) is 11.3 Å². The first-order valence-electron chi connectivity index (χ1n) is 11.7. The van der Waals surface area contributed by atoms with Crippen LogP contribution in [-0.2, 0) is 5.41 Å². The minimum absolute atomic E-state index is 0.155. The summed E-state index contributed by atoms with van der Waals surface area (Å²) < 4.78 is 1.42. The van der Waals surface area contributed by atoms with Crippen LogP contribution in [0.5, 0.6) is 0 Å². The first kappa shape index (κ1) is 17.1. The monoisotopic (exact) mass is 417 g/mol. The Morgan fingerprint density at radius 3 is 2.65 bits per heavy atom. The number of benzene rings is 3. The van der Waals surface area contributed by atoms with Crippen molar-refractivity contribution >= 4 is 55.9 Å². The summed E-state index contributed by atoms with van der Waals surface area (Å²) in [4.78, 5) is 4.30. The zero-order valence-corrected chi connectivity index (χ0v) is 18.9. The van der Waals surface area contributed by atoms with Gasteiger partial charge in [-0.05, 0) is 64.8 Å². The molecule has 0 radical (unpaired) electrons. The zero-order chi connectivity index (χ0) is 20.5.